The van der Waals surface area contributed by atoms with Gasteiger partial charge in [-0.25, -0.2) is 0 Å². The van der Waals surface area contributed by atoms with Crippen molar-refractivity contribution in [3.63, 3.8) is 0 Å². The monoisotopic (exact) mass is 184 g/mol. The quantitative estimate of drug-likeness (QED) is 0.569. The second-order valence-corrected chi connectivity index (χ2v) is 4.77. The van der Waals surface area contributed by atoms with Crippen molar-refractivity contribution in [3.8, 4) is 12.3 Å². The van der Waals surface area contributed by atoms with E-state index in [1.165, 1.54) is 19.3 Å². The van der Waals surface area contributed by atoms with Crippen LogP contribution in [0, 0.1) is 18.3 Å². The maximum atomic E-state index is 5.23. The van der Waals surface area contributed by atoms with E-state index in [1.54, 1.807) is 0 Å². The highest BCUT2D eigenvalue weighted by atomic mass is 32.2. The minimum Gasteiger partial charge on any atom is -0.162 e. The molecule has 0 spiro atoms. The van der Waals surface area contributed by atoms with E-state index in [0.717, 1.165) is 11.7 Å². The van der Waals surface area contributed by atoms with Gasteiger partial charge in [-0.3, -0.25) is 0 Å². The molecule has 0 bridgehead atoms. The first-order valence-electron chi connectivity index (χ1n) is 4.67. The highest BCUT2D eigenvalue weighted by molar-refractivity contribution is 7.99. The van der Waals surface area contributed by atoms with Crippen LogP contribution >= 0.6 is 11.8 Å². The molecule has 0 saturated carbocycles. The van der Waals surface area contributed by atoms with E-state index < -0.39 is 0 Å². The summed E-state index contributed by atoms with van der Waals surface area (Å²) >= 11 is 1.95. The third-order valence-electron chi connectivity index (χ3n) is 2.18. The molecule has 0 aliphatic heterocycles. The zero-order valence-electron chi connectivity index (χ0n) is 8.47. The van der Waals surface area contributed by atoms with Crippen molar-refractivity contribution in [3.05, 3.63) is 0 Å². The summed E-state index contributed by atoms with van der Waals surface area (Å²) < 4.78 is 0. The largest absolute Gasteiger partial charge is 0.162 e. The van der Waals surface area contributed by atoms with E-state index in [9.17, 15) is 0 Å². The molecule has 0 heterocycles. The van der Waals surface area contributed by atoms with Gasteiger partial charge >= 0.3 is 0 Å². The van der Waals surface area contributed by atoms with Gasteiger partial charge in [-0.15, -0.1) is 12.3 Å². The number of hydrogen-bond acceptors (Lipinski definition) is 1. The van der Waals surface area contributed by atoms with Crippen LogP contribution in [0.4, 0.5) is 0 Å². The fourth-order valence-corrected chi connectivity index (χ4v) is 1.58. The van der Waals surface area contributed by atoms with Gasteiger partial charge in [-0.1, -0.05) is 20.3 Å². The molecule has 0 radical (unpaired) electrons. The Kier molecular flexibility index (Phi) is 7.50. The molecule has 0 amide bonds. The molecular weight excluding hydrogens is 164 g/mol. The molecule has 0 aliphatic rings. The summed E-state index contributed by atoms with van der Waals surface area (Å²) in [5.41, 5.74) is 0. The standard InChI is InChI=1S/C11H20S/c1-5-7-10(2)8-6-9-11(3)12-4/h1,10-11H,6-9H2,2-4H3. The highest BCUT2D eigenvalue weighted by Gasteiger charge is 2.02. The zero-order valence-corrected chi connectivity index (χ0v) is 9.29. The van der Waals surface area contributed by atoms with Crippen LogP contribution in [0.3, 0.4) is 0 Å². The molecule has 2 unspecified atom stereocenters. The molecule has 0 aromatic rings. The molecule has 0 saturated heterocycles. The first-order valence-corrected chi connectivity index (χ1v) is 5.95. The predicted octanol–water partition coefficient (Wildman–Crippen LogP) is 3.57. The van der Waals surface area contributed by atoms with Crippen LogP contribution in [0.15, 0.2) is 0 Å². The van der Waals surface area contributed by atoms with Crippen molar-refractivity contribution < 1.29 is 0 Å². The lowest BCUT2D eigenvalue weighted by atomic mass is 10.0. The van der Waals surface area contributed by atoms with Gasteiger partial charge < -0.3 is 0 Å². The van der Waals surface area contributed by atoms with Gasteiger partial charge in [-0.2, -0.15) is 11.8 Å². The second-order valence-electron chi connectivity index (χ2n) is 3.49. The predicted molar refractivity (Wildman–Crippen MR) is 59.4 cm³/mol. The molecule has 0 nitrogen and oxygen atoms in total. The lowest BCUT2D eigenvalue weighted by Gasteiger charge is -2.10. The van der Waals surface area contributed by atoms with Crippen molar-refractivity contribution >= 4 is 11.8 Å². The van der Waals surface area contributed by atoms with Crippen molar-refractivity contribution in [2.45, 2.75) is 44.8 Å². The topological polar surface area (TPSA) is 0 Å². The summed E-state index contributed by atoms with van der Waals surface area (Å²) in [5, 5.41) is 0.808. The van der Waals surface area contributed by atoms with E-state index in [-0.39, 0.29) is 0 Å². The van der Waals surface area contributed by atoms with Crippen LogP contribution in [-0.4, -0.2) is 11.5 Å². The molecule has 0 aliphatic carbocycles. The molecule has 0 fully saturated rings. The van der Waals surface area contributed by atoms with E-state index in [4.69, 9.17) is 6.42 Å². The van der Waals surface area contributed by atoms with Gasteiger partial charge in [0.1, 0.15) is 0 Å². The first-order chi connectivity index (χ1) is 5.70. The first kappa shape index (κ1) is 11.9. The summed E-state index contributed by atoms with van der Waals surface area (Å²) in [6.45, 7) is 4.53. The van der Waals surface area contributed by atoms with E-state index in [2.05, 4.69) is 26.0 Å². The summed E-state index contributed by atoms with van der Waals surface area (Å²) in [6.07, 6.45) is 12.3. The third-order valence-corrected chi connectivity index (χ3v) is 3.22. The maximum Gasteiger partial charge on any atom is 0.0112 e. The Morgan fingerprint density at radius 3 is 2.50 bits per heavy atom. The molecule has 0 aromatic heterocycles. The van der Waals surface area contributed by atoms with Crippen LogP contribution in [-0.2, 0) is 0 Å². The Morgan fingerprint density at radius 2 is 2.00 bits per heavy atom. The van der Waals surface area contributed by atoms with Crippen LogP contribution < -0.4 is 0 Å². The summed E-state index contributed by atoms with van der Waals surface area (Å²) in [6, 6.07) is 0. The third kappa shape index (κ3) is 6.61. The second kappa shape index (κ2) is 7.55. The lowest BCUT2D eigenvalue weighted by Crippen LogP contribution is -1.98. The average Bonchev–Trinajstić information content (AvgIpc) is 2.04. The zero-order chi connectivity index (χ0) is 9.40. The average molecular weight is 184 g/mol. The van der Waals surface area contributed by atoms with Crippen LogP contribution in [0.2, 0.25) is 0 Å². The molecule has 1 heteroatoms. The van der Waals surface area contributed by atoms with Gasteiger partial charge in [0.2, 0.25) is 0 Å². The molecule has 0 aromatic carbocycles. The normalized spacial score (nSPS) is 15.2. The summed E-state index contributed by atoms with van der Waals surface area (Å²) in [4.78, 5) is 0. The number of hydrogen-bond donors (Lipinski definition) is 0. The molecule has 12 heavy (non-hydrogen) atoms. The lowest BCUT2D eigenvalue weighted by molar-refractivity contribution is 0.509. The van der Waals surface area contributed by atoms with Gasteiger partial charge in [0.25, 0.3) is 0 Å². The molecule has 70 valence electrons. The highest BCUT2D eigenvalue weighted by Crippen LogP contribution is 2.17. The summed E-state index contributed by atoms with van der Waals surface area (Å²) in [7, 11) is 0. The Morgan fingerprint density at radius 1 is 1.33 bits per heavy atom. The van der Waals surface area contributed by atoms with Gasteiger partial charge in [0, 0.05) is 11.7 Å². The van der Waals surface area contributed by atoms with Crippen molar-refractivity contribution in [2.75, 3.05) is 6.26 Å². The molecular formula is C11H20S. The van der Waals surface area contributed by atoms with Crippen LogP contribution in [0.5, 0.6) is 0 Å². The van der Waals surface area contributed by atoms with E-state index >= 15 is 0 Å². The SMILES string of the molecule is C#CCC(C)CCCC(C)SC. The number of rotatable bonds is 6. The van der Waals surface area contributed by atoms with Gasteiger partial charge in [-0.05, 0) is 25.0 Å². The van der Waals surface area contributed by atoms with Crippen molar-refractivity contribution in [2.24, 2.45) is 5.92 Å². The fraction of sp³-hybridized carbons (Fsp3) is 0.818. The van der Waals surface area contributed by atoms with E-state index in [1.807, 2.05) is 11.8 Å². The Labute approximate surface area is 81.5 Å². The Bertz CT molecular complexity index is 134. The number of terminal acetylenes is 1. The molecule has 0 rings (SSSR count). The molecule has 0 N–H and O–H groups in total. The fourth-order valence-electron chi connectivity index (χ4n) is 1.17. The Hall–Kier alpha value is -0.0900. The van der Waals surface area contributed by atoms with Crippen LogP contribution in [0.25, 0.3) is 0 Å². The van der Waals surface area contributed by atoms with Gasteiger partial charge in [0.15, 0.2) is 0 Å². The summed E-state index contributed by atoms with van der Waals surface area (Å²) in [5.74, 6) is 3.43. The number of thioether (sulfide) groups is 1. The smallest absolute Gasteiger partial charge is 0.0112 e. The van der Waals surface area contributed by atoms with E-state index in [0.29, 0.717) is 5.92 Å². The van der Waals surface area contributed by atoms with Crippen molar-refractivity contribution in [1.29, 1.82) is 0 Å². The minimum atomic E-state index is 0.712. The van der Waals surface area contributed by atoms with Crippen molar-refractivity contribution in [1.82, 2.24) is 0 Å². The minimum absolute atomic E-state index is 0.712. The maximum absolute atomic E-state index is 5.23. The van der Waals surface area contributed by atoms with Crippen LogP contribution in [0.1, 0.15) is 39.5 Å². The van der Waals surface area contributed by atoms with Gasteiger partial charge in [0.05, 0.1) is 0 Å². The Balaban J connectivity index is 3.25. The molecule has 2 atom stereocenters.